The Labute approximate surface area is 275 Å². The zero-order chi connectivity index (χ0) is 32.2. The summed E-state index contributed by atoms with van der Waals surface area (Å²) in [6, 6.07) is 53.5. The number of furan rings is 2. The van der Waals surface area contributed by atoms with Crippen LogP contribution in [-0.2, 0) is 0 Å². The lowest BCUT2D eigenvalue weighted by Crippen LogP contribution is -1.82. The molecule has 0 amide bonds. The second-order valence-electron chi connectivity index (χ2n) is 12.0. The molecule has 9 aromatic rings. The molecule has 2 heterocycles. The Bertz CT molecular complexity index is 2590. The van der Waals surface area contributed by atoms with Crippen molar-refractivity contribution in [2.75, 3.05) is 0 Å². The van der Waals surface area contributed by atoms with Crippen molar-refractivity contribution in [1.82, 2.24) is 0 Å². The monoisotopic (exact) mass is 612 g/mol. The summed E-state index contributed by atoms with van der Waals surface area (Å²) in [5.41, 5.74) is 13.3. The van der Waals surface area contributed by atoms with Crippen molar-refractivity contribution >= 4 is 43.9 Å². The number of hydrogen-bond donors (Lipinski definition) is 0. The van der Waals surface area contributed by atoms with Crippen LogP contribution < -0.4 is 0 Å². The Kier molecular flexibility index (Phi) is 6.22. The largest absolute Gasteiger partial charge is 0.456 e. The minimum Gasteiger partial charge on any atom is -0.456 e. The summed E-state index contributed by atoms with van der Waals surface area (Å²) in [5, 5.41) is 22.4. The van der Waals surface area contributed by atoms with Gasteiger partial charge in [-0.1, -0.05) is 72.8 Å². The molecule has 0 aliphatic heterocycles. The third-order valence-electron chi connectivity index (χ3n) is 9.15. The molecule has 48 heavy (non-hydrogen) atoms. The van der Waals surface area contributed by atoms with Crippen LogP contribution >= 0.6 is 0 Å². The summed E-state index contributed by atoms with van der Waals surface area (Å²) in [7, 11) is 0. The van der Waals surface area contributed by atoms with Crippen LogP contribution in [0.15, 0.2) is 154 Å². The molecule has 4 heteroatoms. The van der Waals surface area contributed by atoms with Crippen molar-refractivity contribution in [2.24, 2.45) is 0 Å². The van der Waals surface area contributed by atoms with Gasteiger partial charge in [0.15, 0.2) is 0 Å². The van der Waals surface area contributed by atoms with Crippen LogP contribution in [0, 0.1) is 22.7 Å². The second kappa shape index (κ2) is 10.9. The van der Waals surface area contributed by atoms with Gasteiger partial charge in [-0.2, -0.15) is 10.5 Å². The predicted octanol–water partition coefficient (Wildman–Crippen LogP) is 11.9. The Morgan fingerprint density at radius 2 is 0.646 bits per heavy atom. The van der Waals surface area contributed by atoms with E-state index < -0.39 is 0 Å². The van der Waals surface area contributed by atoms with E-state index in [-0.39, 0.29) is 0 Å². The molecule has 4 nitrogen and oxygen atoms in total. The highest BCUT2D eigenvalue weighted by atomic mass is 16.3. The number of nitriles is 2. The second-order valence-corrected chi connectivity index (χ2v) is 12.0. The molecule has 0 fully saturated rings. The Morgan fingerprint density at radius 1 is 0.312 bits per heavy atom. The molecule has 0 saturated heterocycles. The van der Waals surface area contributed by atoms with E-state index in [2.05, 4.69) is 97.1 Å². The van der Waals surface area contributed by atoms with Gasteiger partial charge in [-0.3, -0.25) is 0 Å². The zero-order valence-corrected chi connectivity index (χ0v) is 25.6. The van der Waals surface area contributed by atoms with Crippen molar-refractivity contribution in [1.29, 1.82) is 10.5 Å². The van der Waals surface area contributed by atoms with Crippen LogP contribution in [0.4, 0.5) is 0 Å². The van der Waals surface area contributed by atoms with Crippen LogP contribution in [0.2, 0.25) is 0 Å². The number of rotatable bonds is 4. The summed E-state index contributed by atoms with van der Waals surface area (Å²) < 4.78 is 12.8. The van der Waals surface area contributed by atoms with Gasteiger partial charge < -0.3 is 8.83 Å². The number of hydrogen-bond acceptors (Lipinski definition) is 4. The molecule has 9 rings (SSSR count). The topological polar surface area (TPSA) is 73.9 Å². The number of benzene rings is 7. The predicted molar refractivity (Wildman–Crippen MR) is 192 cm³/mol. The average molecular weight is 613 g/mol. The molecule has 0 saturated carbocycles. The first-order valence-electron chi connectivity index (χ1n) is 15.7. The first-order chi connectivity index (χ1) is 23.6. The molecule has 0 atom stereocenters. The fraction of sp³-hybridized carbons (Fsp3) is 0. The molecule has 0 radical (unpaired) electrons. The normalized spacial score (nSPS) is 11.3. The molecule has 0 aliphatic carbocycles. The Hall–Kier alpha value is -6.88. The standard InChI is InChI=1S/C44H24N2O2/c45-25-27-7-11-29(12-8-27)31-3-1-5-33(19-31)35-15-17-41-37(21-35)39-23-44-40(24-43(39)47-41)38-22-36(16-18-42(38)48-44)34-6-2-4-32(20-34)30-13-9-28(26-46)10-14-30/h1-24H. The first-order valence-corrected chi connectivity index (χ1v) is 15.7. The average Bonchev–Trinajstić information content (AvgIpc) is 3.70. The number of nitrogens with zero attached hydrogens (tertiary/aromatic N) is 2. The molecule has 7 aromatic carbocycles. The van der Waals surface area contributed by atoms with Gasteiger partial charge in [-0.25, -0.2) is 0 Å². The smallest absolute Gasteiger partial charge is 0.136 e. The fourth-order valence-corrected chi connectivity index (χ4v) is 6.64. The van der Waals surface area contributed by atoms with Gasteiger partial charge in [0.1, 0.15) is 22.3 Å². The summed E-state index contributed by atoms with van der Waals surface area (Å²) in [4.78, 5) is 0. The summed E-state index contributed by atoms with van der Waals surface area (Å²) in [5.74, 6) is 0. The van der Waals surface area contributed by atoms with Crippen LogP contribution in [0.5, 0.6) is 0 Å². The summed E-state index contributed by atoms with van der Waals surface area (Å²) in [6.45, 7) is 0. The van der Waals surface area contributed by atoms with E-state index in [0.717, 1.165) is 88.4 Å². The van der Waals surface area contributed by atoms with Gasteiger partial charge in [0.05, 0.1) is 23.3 Å². The van der Waals surface area contributed by atoms with Crippen LogP contribution in [0.25, 0.3) is 88.4 Å². The Balaban J connectivity index is 1.10. The van der Waals surface area contributed by atoms with Gasteiger partial charge >= 0.3 is 0 Å². The van der Waals surface area contributed by atoms with Crippen molar-refractivity contribution in [2.45, 2.75) is 0 Å². The maximum absolute atomic E-state index is 9.17. The molecule has 2 aromatic heterocycles. The van der Waals surface area contributed by atoms with E-state index in [4.69, 9.17) is 19.4 Å². The SMILES string of the molecule is N#Cc1ccc(-c2cccc(-c3ccc4oc5cc6c(cc5c4c3)oc3ccc(-c4cccc(-c5ccc(C#N)cc5)c4)cc36)c2)cc1. The van der Waals surface area contributed by atoms with Gasteiger partial charge in [0, 0.05) is 21.5 Å². The van der Waals surface area contributed by atoms with Crippen LogP contribution in [0.1, 0.15) is 11.1 Å². The van der Waals surface area contributed by atoms with Crippen LogP contribution in [-0.4, -0.2) is 0 Å². The maximum Gasteiger partial charge on any atom is 0.136 e. The molecule has 0 spiro atoms. The van der Waals surface area contributed by atoms with Crippen molar-refractivity contribution in [3.63, 3.8) is 0 Å². The summed E-state index contributed by atoms with van der Waals surface area (Å²) >= 11 is 0. The van der Waals surface area contributed by atoms with Gasteiger partial charge in [0.25, 0.3) is 0 Å². The van der Waals surface area contributed by atoms with E-state index in [0.29, 0.717) is 11.1 Å². The lowest BCUT2D eigenvalue weighted by atomic mass is 9.97. The molecule has 0 unspecified atom stereocenters. The van der Waals surface area contributed by atoms with Crippen LogP contribution in [0.3, 0.4) is 0 Å². The lowest BCUT2D eigenvalue weighted by molar-refractivity contribution is 0.664. The lowest BCUT2D eigenvalue weighted by Gasteiger charge is -2.07. The van der Waals surface area contributed by atoms with Crippen molar-refractivity contribution < 1.29 is 8.83 Å². The summed E-state index contributed by atoms with van der Waals surface area (Å²) in [6.07, 6.45) is 0. The van der Waals surface area contributed by atoms with Crippen molar-refractivity contribution in [3.8, 4) is 56.6 Å². The molecule has 0 bridgehead atoms. The minimum absolute atomic E-state index is 0.650. The minimum atomic E-state index is 0.650. The molecule has 0 N–H and O–H groups in total. The zero-order valence-electron chi connectivity index (χ0n) is 25.6. The Morgan fingerprint density at radius 3 is 1.04 bits per heavy atom. The highest BCUT2D eigenvalue weighted by Gasteiger charge is 2.15. The molecule has 222 valence electrons. The van der Waals surface area contributed by atoms with Gasteiger partial charge in [0.2, 0.25) is 0 Å². The van der Waals surface area contributed by atoms with E-state index in [1.165, 1.54) is 0 Å². The third kappa shape index (κ3) is 4.60. The van der Waals surface area contributed by atoms with E-state index in [1.807, 2.05) is 60.7 Å². The fourth-order valence-electron chi connectivity index (χ4n) is 6.64. The molecule has 0 aliphatic rings. The van der Waals surface area contributed by atoms with E-state index >= 15 is 0 Å². The molecular formula is C44H24N2O2. The van der Waals surface area contributed by atoms with Gasteiger partial charge in [-0.05, 0) is 117 Å². The highest BCUT2D eigenvalue weighted by Crippen LogP contribution is 2.40. The van der Waals surface area contributed by atoms with E-state index in [9.17, 15) is 0 Å². The highest BCUT2D eigenvalue weighted by molar-refractivity contribution is 6.15. The maximum atomic E-state index is 9.17. The number of fused-ring (bicyclic) bond motifs is 6. The molecular weight excluding hydrogens is 588 g/mol. The van der Waals surface area contributed by atoms with Gasteiger partial charge in [-0.15, -0.1) is 0 Å². The van der Waals surface area contributed by atoms with Crippen molar-refractivity contribution in [3.05, 3.63) is 157 Å². The quantitative estimate of drug-likeness (QED) is 0.198. The third-order valence-corrected chi connectivity index (χ3v) is 9.15. The van der Waals surface area contributed by atoms with E-state index in [1.54, 1.807) is 0 Å². The first kappa shape index (κ1) is 27.4.